The molecule has 0 bridgehead atoms. The summed E-state index contributed by atoms with van der Waals surface area (Å²) in [5.74, 6) is 2.05. The van der Waals surface area contributed by atoms with E-state index in [1.807, 2.05) is 42.5 Å². The molecule has 0 saturated carbocycles. The zero-order valence-corrected chi connectivity index (χ0v) is 14.0. The lowest BCUT2D eigenvalue weighted by Crippen LogP contribution is -2.24. The standard InChI is InChI=1S/C19H18N2O2S/c22-19(14-24-13-15-5-2-1-3-6-15)21-12-16-8-9-20-17(11-16)18-7-4-10-23-18/h1-11H,12-14H2,(H,21,22). The highest BCUT2D eigenvalue weighted by Gasteiger charge is 2.05. The Hall–Kier alpha value is -2.53. The van der Waals surface area contributed by atoms with Gasteiger partial charge >= 0.3 is 0 Å². The highest BCUT2D eigenvalue weighted by atomic mass is 32.2. The van der Waals surface area contributed by atoms with Crippen molar-refractivity contribution in [3.05, 3.63) is 78.2 Å². The molecule has 0 fully saturated rings. The minimum Gasteiger partial charge on any atom is -0.463 e. The van der Waals surface area contributed by atoms with Gasteiger partial charge in [0.05, 0.1) is 12.0 Å². The van der Waals surface area contributed by atoms with Crippen LogP contribution in [0.3, 0.4) is 0 Å². The number of hydrogen-bond donors (Lipinski definition) is 1. The number of furan rings is 1. The lowest BCUT2D eigenvalue weighted by molar-refractivity contribution is -0.118. The summed E-state index contributed by atoms with van der Waals surface area (Å²) in [5.41, 5.74) is 3.00. The number of carbonyl (C=O) groups excluding carboxylic acids is 1. The van der Waals surface area contributed by atoms with Crippen LogP contribution < -0.4 is 5.32 Å². The molecule has 2 heterocycles. The molecule has 4 nitrogen and oxygen atoms in total. The third-order valence-electron chi connectivity index (χ3n) is 3.43. The fourth-order valence-electron chi connectivity index (χ4n) is 2.23. The van der Waals surface area contributed by atoms with E-state index in [4.69, 9.17) is 4.42 Å². The number of hydrogen-bond acceptors (Lipinski definition) is 4. The maximum atomic E-state index is 12.0. The highest BCUT2D eigenvalue weighted by molar-refractivity contribution is 7.99. The van der Waals surface area contributed by atoms with Gasteiger partial charge in [-0.2, -0.15) is 0 Å². The van der Waals surface area contributed by atoms with Gasteiger partial charge in [0.25, 0.3) is 0 Å². The Morgan fingerprint density at radius 1 is 1.08 bits per heavy atom. The van der Waals surface area contributed by atoms with E-state index in [0.717, 1.165) is 22.8 Å². The summed E-state index contributed by atoms with van der Waals surface area (Å²) < 4.78 is 5.34. The summed E-state index contributed by atoms with van der Waals surface area (Å²) in [6.45, 7) is 0.487. The van der Waals surface area contributed by atoms with E-state index >= 15 is 0 Å². The first-order valence-electron chi connectivity index (χ1n) is 7.68. The molecule has 0 spiro atoms. The van der Waals surface area contributed by atoms with Crippen molar-refractivity contribution in [2.75, 3.05) is 5.75 Å². The fourth-order valence-corrected chi connectivity index (χ4v) is 3.05. The summed E-state index contributed by atoms with van der Waals surface area (Å²) >= 11 is 1.61. The van der Waals surface area contributed by atoms with Gasteiger partial charge in [0.15, 0.2) is 5.76 Å². The van der Waals surface area contributed by atoms with Crippen LogP contribution in [0.4, 0.5) is 0 Å². The first-order chi connectivity index (χ1) is 11.8. The van der Waals surface area contributed by atoms with Gasteiger partial charge < -0.3 is 9.73 Å². The van der Waals surface area contributed by atoms with Crippen molar-refractivity contribution in [3.63, 3.8) is 0 Å². The molecular formula is C19H18N2O2S. The second-order valence-electron chi connectivity index (χ2n) is 5.28. The normalized spacial score (nSPS) is 10.5. The molecule has 1 N–H and O–H groups in total. The number of nitrogens with one attached hydrogen (secondary N) is 1. The van der Waals surface area contributed by atoms with Crippen LogP contribution in [0, 0.1) is 0 Å². The zero-order valence-electron chi connectivity index (χ0n) is 13.1. The molecule has 122 valence electrons. The second kappa shape index (κ2) is 8.36. The molecule has 0 atom stereocenters. The van der Waals surface area contributed by atoms with Crippen molar-refractivity contribution in [2.45, 2.75) is 12.3 Å². The predicted octanol–water partition coefficient (Wildman–Crippen LogP) is 3.89. The van der Waals surface area contributed by atoms with Crippen molar-refractivity contribution in [3.8, 4) is 11.5 Å². The lowest BCUT2D eigenvalue weighted by Gasteiger charge is -2.06. The molecule has 0 aliphatic heterocycles. The first-order valence-corrected chi connectivity index (χ1v) is 8.84. The summed E-state index contributed by atoms with van der Waals surface area (Å²) in [5, 5.41) is 2.94. The van der Waals surface area contributed by atoms with E-state index in [-0.39, 0.29) is 5.91 Å². The molecule has 0 aliphatic carbocycles. The number of nitrogens with zero attached hydrogens (tertiary/aromatic N) is 1. The van der Waals surface area contributed by atoms with Crippen molar-refractivity contribution < 1.29 is 9.21 Å². The van der Waals surface area contributed by atoms with Crippen LogP contribution in [0.1, 0.15) is 11.1 Å². The van der Waals surface area contributed by atoms with Gasteiger partial charge in [0.2, 0.25) is 5.91 Å². The molecule has 0 saturated heterocycles. The average molecular weight is 338 g/mol. The fraction of sp³-hybridized carbons (Fsp3) is 0.158. The van der Waals surface area contributed by atoms with Crippen LogP contribution in [0.2, 0.25) is 0 Å². The lowest BCUT2D eigenvalue weighted by atomic mass is 10.2. The third-order valence-corrected chi connectivity index (χ3v) is 4.44. The second-order valence-corrected chi connectivity index (χ2v) is 6.27. The summed E-state index contributed by atoms with van der Waals surface area (Å²) in [6.07, 6.45) is 3.35. The number of benzene rings is 1. The van der Waals surface area contributed by atoms with E-state index in [9.17, 15) is 4.79 Å². The number of carbonyl (C=O) groups is 1. The molecular weight excluding hydrogens is 320 g/mol. The van der Waals surface area contributed by atoms with E-state index in [1.165, 1.54) is 5.56 Å². The number of aromatic nitrogens is 1. The van der Waals surface area contributed by atoms with Crippen molar-refractivity contribution in [1.82, 2.24) is 10.3 Å². The number of amides is 1. The quantitative estimate of drug-likeness (QED) is 0.710. The van der Waals surface area contributed by atoms with Crippen molar-refractivity contribution >= 4 is 17.7 Å². The smallest absolute Gasteiger partial charge is 0.230 e. The first kappa shape index (κ1) is 16.3. The van der Waals surface area contributed by atoms with E-state index < -0.39 is 0 Å². The number of thioether (sulfide) groups is 1. The molecule has 24 heavy (non-hydrogen) atoms. The Balaban J connectivity index is 1.45. The summed E-state index contributed by atoms with van der Waals surface area (Å²) in [4.78, 5) is 16.2. The van der Waals surface area contributed by atoms with Crippen LogP contribution in [0.15, 0.2) is 71.5 Å². The number of rotatable bonds is 7. The topological polar surface area (TPSA) is 55.1 Å². The molecule has 0 aliphatic rings. The monoisotopic (exact) mass is 338 g/mol. The third kappa shape index (κ3) is 4.73. The maximum absolute atomic E-state index is 12.0. The zero-order chi connectivity index (χ0) is 16.6. The minimum atomic E-state index is 0.0345. The van der Waals surface area contributed by atoms with Crippen LogP contribution in [-0.4, -0.2) is 16.6 Å². The van der Waals surface area contributed by atoms with E-state index in [1.54, 1.807) is 24.2 Å². The predicted molar refractivity (Wildman–Crippen MR) is 96.4 cm³/mol. The molecule has 1 amide bonds. The van der Waals surface area contributed by atoms with Gasteiger partial charge in [-0.15, -0.1) is 11.8 Å². The molecule has 5 heteroatoms. The van der Waals surface area contributed by atoms with Gasteiger partial charge in [-0.25, -0.2) is 0 Å². The molecule has 3 rings (SSSR count). The number of pyridine rings is 1. The SMILES string of the molecule is O=C(CSCc1ccccc1)NCc1ccnc(-c2ccco2)c1. The molecule has 2 aromatic heterocycles. The van der Waals surface area contributed by atoms with Gasteiger partial charge in [-0.05, 0) is 35.4 Å². The summed E-state index contributed by atoms with van der Waals surface area (Å²) in [6, 6.07) is 17.7. The highest BCUT2D eigenvalue weighted by Crippen LogP contribution is 2.18. The van der Waals surface area contributed by atoms with Crippen LogP contribution in [0.25, 0.3) is 11.5 Å². The maximum Gasteiger partial charge on any atom is 0.230 e. The molecule has 0 radical (unpaired) electrons. The van der Waals surface area contributed by atoms with Gasteiger partial charge in [-0.3, -0.25) is 9.78 Å². The Bertz CT molecular complexity index is 773. The molecule has 3 aromatic rings. The minimum absolute atomic E-state index is 0.0345. The van der Waals surface area contributed by atoms with E-state index in [0.29, 0.717) is 12.3 Å². The van der Waals surface area contributed by atoms with Crippen molar-refractivity contribution in [1.29, 1.82) is 0 Å². The molecule has 1 aromatic carbocycles. The van der Waals surface area contributed by atoms with Crippen LogP contribution in [0.5, 0.6) is 0 Å². The van der Waals surface area contributed by atoms with Crippen LogP contribution >= 0.6 is 11.8 Å². The Kier molecular flexibility index (Phi) is 5.69. The molecule has 0 unspecified atom stereocenters. The Morgan fingerprint density at radius 3 is 2.75 bits per heavy atom. The van der Waals surface area contributed by atoms with Gasteiger partial charge in [-0.1, -0.05) is 30.3 Å². The summed E-state index contributed by atoms with van der Waals surface area (Å²) in [7, 11) is 0. The van der Waals surface area contributed by atoms with Crippen molar-refractivity contribution in [2.24, 2.45) is 0 Å². The average Bonchev–Trinajstić information content (AvgIpc) is 3.16. The van der Waals surface area contributed by atoms with Gasteiger partial charge in [0, 0.05) is 18.5 Å². The van der Waals surface area contributed by atoms with E-state index in [2.05, 4.69) is 22.4 Å². The Labute approximate surface area is 145 Å². The van der Waals surface area contributed by atoms with Crippen LogP contribution in [-0.2, 0) is 17.1 Å². The van der Waals surface area contributed by atoms with Gasteiger partial charge in [0.1, 0.15) is 5.69 Å². The Morgan fingerprint density at radius 2 is 1.96 bits per heavy atom. The largest absolute Gasteiger partial charge is 0.463 e.